The Labute approximate surface area is 192 Å². The third-order valence-electron chi connectivity index (χ3n) is 4.44. The normalized spacial score (nSPS) is 11.2. The lowest BCUT2D eigenvalue weighted by atomic mass is 10.1. The van der Waals surface area contributed by atoms with E-state index in [0.717, 1.165) is 27.0 Å². The van der Waals surface area contributed by atoms with Crippen molar-refractivity contribution in [3.8, 4) is 22.2 Å². The number of hydrogen-bond acceptors (Lipinski definition) is 10. The van der Waals surface area contributed by atoms with Crippen LogP contribution in [0.25, 0.3) is 22.2 Å². The SMILES string of the molecule is Cc1cccc(-c2nc(C(C)(C)Sc3nnc(-c4cccs4)n3C)no2)c1.c1conn1. The maximum atomic E-state index is 5.51. The van der Waals surface area contributed by atoms with Gasteiger partial charge in [0.05, 0.1) is 15.8 Å². The van der Waals surface area contributed by atoms with Gasteiger partial charge in [-0.05, 0) is 44.4 Å². The summed E-state index contributed by atoms with van der Waals surface area (Å²) in [5, 5.41) is 22.2. The molecule has 11 heteroatoms. The summed E-state index contributed by atoms with van der Waals surface area (Å²) in [5.41, 5.74) is 2.08. The second kappa shape index (κ2) is 9.45. The molecule has 5 aromatic rings. The Balaban J connectivity index is 0.000000433. The van der Waals surface area contributed by atoms with Gasteiger partial charge >= 0.3 is 0 Å². The van der Waals surface area contributed by atoms with Gasteiger partial charge in [-0.1, -0.05) is 40.7 Å². The number of aromatic nitrogens is 7. The van der Waals surface area contributed by atoms with E-state index < -0.39 is 4.75 Å². The van der Waals surface area contributed by atoms with Crippen LogP contribution in [0.1, 0.15) is 25.2 Å². The molecule has 0 amide bonds. The zero-order valence-electron chi connectivity index (χ0n) is 18.0. The Hall–Kier alpha value is -3.31. The summed E-state index contributed by atoms with van der Waals surface area (Å²) >= 11 is 3.21. The number of benzene rings is 1. The maximum Gasteiger partial charge on any atom is 0.257 e. The third-order valence-corrected chi connectivity index (χ3v) is 6.53. The molecule has 0 saturated carbocycles. The lowest BCUT2D eigenvalue weighted by Crippen LogP contribution is -2.15. The second-order valence-corrected chi connectivity index (χ2v) is 9.87. The molecule has 0 bridgehead atoms. The quantitative estimate of drug-likeness (QED) is 0.330. The monoisotopic (exact) mass is 467 g/mol. The van der Waals surface area contributed by atoms with Gasteiger partial charge in [0.1, 0.15) is 6.26 Å². The van der Waals surface area contributed by atoms with E-state index >= 15 is 0 Å². The van der Waals surface area contributed by atoms with Gasteiger partial charge in [-0.25, -0.2) is 0 Å². The Morgan fingerprint density at radius 1 is 1.12 bits per heavy atom. The van der Waals surface area contributed by atoms with Gasteiger partial charge in [0, 0.05) is 17.9 Å². The van der Waals surface area contributed by atoms with Crippen molar-refractivity contribution in [3.63, 3.8) is 0 Å². The van der Waals surface area contributed by atoms with Gasteiger partial charge in [-0.3, -0.25) is 0 Å². The first-order valence-corrected chi connectivity index (χ1v) is 11.4. The predicted octanol–water partition coefficient (Wildman–Crippen LogP) is 5.00. The van der Waals surface area contributed by atoms with Crippen molar-refractivity contribution in [2.75, 3.05) is 0 Å². The van der Waals surface area contributed by atoms with Crippen LogP contribution in [0.4, 0.5) is 0 Å². The molecular weight excluding hydrogens is 446 g/mol. The summed E-state index contributed by atoms with van der Waals surface area (Å²) in [7, 11) is 1.97. The van der Waals surface area contributed by atoms with E-state index in [0.29, 0.717) is 11.7 Å². The van der Waals surface area contributed by atoms with Crippen LogP contribution in [0.2, 0.25) is 0 Å². The molecule has 0 N–H and O–H groups in total. The number of thioether (sulfide) groups is 1. The molecule has 5 rings (SSSR count). The summed E-state index contributed by atoms with van der Waals surface area (Å²) in [4.78, 5) is 5.72. The number of hydrogen-bond donors (Lipinski definition) is 0. The molecule has 4 heterocycles. The highest BCUT2D eigenvalue weighted by molar-refractivity contribution is 8.00. The first kappa shape index (κ1) is 21.9. The molecule has 0 aliphatic rings. The minimum Gasteiger partial charge on any atom is -0.346 e. The fourth-order valence-electron chi connectivity index (χ4n) is 2.80. The van der Waals surface area contributed by atoms with E-state index in [9.17, 15) is 0 Å². The highest BCUT2D eigenvalue weighted by Gasteiger charge is 2.31. The zero-order valence-corrected chi connectivity index (χ0v) is 19.6. The lowest BCUT2D eigenvalue weighted by Gasteiger charge is -2.18. The third kappa shape index (κ3) is 4.94. The minimum absolute atomic E-state index is 0.418. The van der Waals surface area contributed by atoms with E-state index in [-0.39, 0.29) is 0 Å². The van der Waals surface area contributed by atoms with Crippen LogP contribution in [0.5, 0.6) is 0 Å². The smallest absolute Gasteiger partial charge is 0.257 e. The molecule has 0 fully saturated rings. The van der Waals surface area contributed by atoms with Crippen LogP contribution < -0.4 is 0 Å². The molecule has 4 aromatic heterocycles. The van der Waals surface area contributed by atoms with Crippen LogP contribution >= 0.6 is 23.1 Å². The topological polar surface area (TPSA) is 109 Å². The Morgan fingerprint density at radius 3 is 2.66 bits per heavy atom. The summed E-state index contributed by atoms with van der Waals surface area (Å²) in [5.74, 6) is 2.01. The second-order valence-electron chi connectivity index (χ2n) is 7.34. The Kier molecular flexibility index (Phi) is 6.47. The van der Waals surface area contributed by atoms with Crippen LogP contribution in [0.15, 0.2) is 68.4 Å². The van der Waals surface area contributed by atoms with E-state index in [2.05, 4.69) is 49.1 Å². The highest BCUT2D eigenvalue weighted by atomic mass is 32.2. The van der Waals surface area contributed by atoms with E-state index in [1.54, 1.807) is 23.1 Å². The fraction of sp³-hybridized carbons (Fsp3) is 0.238. The predicted molar refractivity (Wildman–Crippen MR) is 122 cm³/mol. The van der Waals surface area contributed by atoms with Gasteiger partial charge in [-0.15, -0.1) is 26.6 Å². The lowest BCUT2D eigenvalue weighted by molar-refractivity contribution is 0.393. The Morgan fingerprint density at radius 2 is 2.00 bits per heavy atom. The molecule has 9 nitrogen and oxygen atoms in total. The van der Waals surface area contributed by atoms with Gasteiger partial charge in [0.2, 0.25) is 0 Å². The summed E-state index contributed by atoms with van der Waals surface area (Å²) in [6, 6.07) is 12.1. The average Bonchev–Trinajstić information content (AvgIpc) is 3.57. The molecule has 0 radical (unpaired) electrons. The highest BCUT2D eigenvalue weighted by Crippen LogP contribution is 2.40. The molecule has 164 valence electrons. The van der Waals surface area contributed by atoms with Gasteiger partial charge in [0.15, 0.2) is 16.8 Å². The van der Waals surface area contributed by atoms with Crippen molar-refractivity contribution in [1.82, 2.24) is 35.3 Å². The van der Waals surface area contributed by atoms with Crippen LogP contribution in [0.3, 0.4) is 0 Å². The average molecular weight is 468 g/mol. The molecule has 1 aromatic carbocycles. The summed E-state index contributed by atoms with van der Waals surface area (Å²) in [6.07, 6.45) is 2.88. The molecule has 0 saturated heterocycles. The first-order chi connectivity index (χ1) is 15.4. The molecule has 0 unspecified atom stereocenters. The van der Waals surface area contributed by atoms with Crippen molar-refractivity contribution in [3.05, 3.63) is 65.6 Å². The standard InChI is InChI=1S/C19H19N5OS2.C2H2N2O/c1-12-7-5-8-13(11-12)16-20-17(23-25-16)19(2,3)27-18-22-21-15(24(18)4)14-9-6-10-26-14;1-2-5-4-3-1/h5-11H,1-4H3;1-2H. The van der Waals surface area contributed by atoms with Gasteiger partial charge in [-0.2, -0.15) is 4.98 Å². The number of aryl methyl sites for hydroxylation is 1. The molecule has 32 heavy (non-hydrogen) atoms. The van der Waals surface area contributed by atoms with Crippen molar-refractivity contribution < 1.29 is 9.05 Å². The van der Waals surface area contributed by atoms with Gasteiger partial charge < -0.3 is 13.6 Å². The number of thiophene rings is 1. The van der Waals surface area contributed by atoms with Crippen molar-refractivity contribution in [1.29, 1.82) is 0 Å². The van der Waals surface area contributed by atoms with Crippen LogP contribution in [-0.4, -0.2) is 35.3 Å². The van der Waals surface area contributed by atoms with Crippen LogP contribution in [-0.2, 0) is 11.8 Å². The molecule has 0 aliphatic heterocycles. The van der Waals surface area contributed by atoms with E-state index in [4.69, 9.17) is 4.52 Å². The first-order valence-electron chi connectivity index (χ1n) is 9.68. The molecular formula is C21H21N7O2S2. The van der Waals surface area contributed by atoms with E-state index in [1.807, 2.05) is 60.3 Å². The summed E-state index contributed by atoms with van der Waals surface area (Å²) < 4.78 is 11.3. The van der Waals surface area contributed by atoms with Gasteiger partial charge in [0.25, 0.3) is 5.89 Å². The molecule has 0 spiro atoms. The van der Waals surface area contributed by atoms with Crippen LogP contribution in [0, 0.1) is 6.92 Å². The zero-order chi connectivity index (χ0) is 22.6. The maximum absolute atomic E-state index is 5.51. The largest absolute Gasteiger partial charge is 0.346 e. The molecule has 0 atom stereocenters. The van der Waals surface area contributed by atoms with Crippen molar-refractivity contribution in [2.24, 2.45) is 7.05 Å². The number of nitrogens with zero attached hydrogens (tertiary/aromatic N) is 7. The molecule has 0 aliphatic carbocycles. The summed E-state index contributed by atoms with van der Waals surface area (Å²) in [6.45, 7) is 6.16. The van der Waals surface area contributed by atoms with Crippen molar-refractivity contribution in [2.45, 2.75) is 30.7 Å². The fourth-order valence-corrected chi connectivity index (χ4v) is 4.48. The minimum atomic E-state index is -0.418. The van der Waals surface area contributed by atoms with E-state index in [1.165, 1.54) is 12.5 Å². The van der Waals surface area contributed by atoms with Crippen molar-refractivity contribution >= 4 is 23.1 Å². The Bertz CT molecular complexity index is 1240. The number of rotatable bonds is 5.